The summed E-state index contributed by atoms with van der Waals surface area (Å²) in [5, 5.41) is 6.95. The molecule has 0 radical (unpaired) electrons. The summed E-state index contributed by atoms with van der Waals surface area (Å²) >= 11 is 0. The van der Waals surface area contributed by atoms with Crippen molar-refractivity contribution < 1.29 is 0 Å². The molecular formula is C20H21N3. The molecule has 2 aliphatic carbocycles. The van der Waals surface area contributed by atoms with Crippen LogP contribution in [-0.2, 0) is 6.42 Å². The first kappa shape index (κ1) is 14.2. The molecule has 2 atom stereocenters. The molecule has 1 aliphatic heterocycles. The third-order valence-electron chi connectivity index (χ3n) is 4.56. The fourth-order valence-electron chi connectivity index (χ4n) is 3.40. The third kappa shape index (κ3) is 2.57. The zero-order valence-electron chi connectivity index (χ0n) is 13.3. The number of hydrogen-bond acceptors (Lipinski definition) is 3. The van der Waals surface area contributed by atoms with E-state index >= 15 is 0 Å². The SMILES string of the molecule is C=C1Cc2cc(NCC)ccc2C=C1C1N=C2C=CC=CC2N1. The molecule has 2 unspecified atom stereocenters. The van der Waals surface area contributed by atoms with Crippen LogP contribution in [-0.4, -0.2) is 24.5 Å². The first-order valence-corrected chi connectivity index (χ1v) is 8.20. The van der Waals surface area contributed by atoms with Crippen molar-refractivity contribution in [3.63, 3.8) is 0 Å². The van der Waals surface area contributed by atoms with Crippen molar-refractivity contribution in [2.75, 3.05) is 11.9 Å². The summed E-state index contributed by atoms with van der Waals surface area (Å²) in [5.74, 6) is 0. The number of nitrogens with one attached hydrogen (secondary N) is 2. The molecule has 1 heterocycles. The zero-order valence-corrected chi connectivity index (χ0v) is 13.3. The lowest BCUT2D eigenvalue weighted by Crippen LogP contribution is -2.35. The van der Waals surface area contributed by atoms with Crippen LogP contribution in [0.25, 0.3) is 6.08 Å². The fourth-order valence-corrected chi connectivity index (χ4v) is 3.40. The number of fused-ring (bicyclic) bond motifs is 2. The van der Waals surface area contributed by atoms with Gasteiger partial charge in [-0.3, -0.25) is 10.3 Å². The molecule has 0 spiro atoms. The Balaban J connectivity index is 1.65. The van der Waals surface area contributed by atoms with Gasteiger partial charge in [0.15, 0.2) is 0 Å². The first-order chi connectivity index (χ1) is 11.2. The average Bonchev–Trinajstić information content (AvgIpc) is 2.98. The van der Waals surface area contributed by atoms with Crippen LogP contribution in [0.2, 0.25) is 0 Å². The van der Waals surface area contributed by atoms with Crippen molar-refractivity contribution >= 4 is 17.5 Å². The fraction of sp³-hybridized carbons (Fsp3) is 0.250. The van der Waals surface area contributed by atoms with E-state index in [0.717, 1.165) is 24.3 Å². The van der Waals surface area contributed by atoms with Crippen LogP contribution in [0.15, 0.2) is 65.2 Å². The molecule has 0 bridgehead atoms. The molecule has 1 aromatic carbocycles. The molecular weight excluding hydrogens is 282 g/mol. The predicted molar refractivity (Wildman–Crippen MR) is 97.9 cm³/mol. The van der Waals surface area contributed by atoms with E-state index in [1.54, 1.807) is 0 Å². The van der Waals surface area contributed by atoms with E-state index < -0.39 is 0 Å². The zero-order chi connectivity index (χ0) is 15.8. The quantitative estimate of drug-likeness (QED) is 0.897. The third-order valence-corrected chi connectivity index (χ3v) is 4.56. The normalized spacial score (nSPS) is 24.8. The Labute approximate surface area is 137 Å². The molecule has 116 valence electrons. The molecule has 23 heavy (non-hydrogen) atoms. The lowest BCUT2D eigenvalue weighted by Gasteiger charge is -2.23. The summed E-state index contributed by atoms with van der Waals surface area (Å²) in [6.07, 6.45) is 11.5. The molecule has 0 amide bonds. The minimum atomic E-state index is 0.0106. The second-order valence-corrected chi connectivity index (χ2v) is 6.17. The van der Waals surface area contributed by atoms with Gasteiger partial charge in [-0.05, 0) is 59.9 Å². The standard InChI is InChI=1S/C20H21N3/c1-3-21-16-9-8-14-12-17(13(2)10-15(14)11-16)20-22-18-6-4-5-7-19(18)23-20/h4-9,11-12,18,20-22H,2-3,10H2,1H3. The minimum absolute atomic E-state index is 0.0106. The summed E-state index contributed by atoms with van der Waals surface area (Å²) in [6.45, 7) is 7.35. The summed E-state index contributed by atoms with van der Waals surface area (Å²) in [7, 11) is 0. The molecule has 3 aliphatic rings. The highest BCUT2D eigenvalue weighted by Gasteiger charge is 2.29. The molecule has 3 nitrogen and oxygen atoms in total. The number of rotatable bonds is 3. The van der Waals surface area contributed by atoms with Crippen LogP contribution in [0, 0.1) is 0 Å². The van der Waals surface area contributed by atoms with Gasteiger partial charge in [-0.25, -0.2) is 0 Å². The molecule has 3 heteroatoms. The van der Waals surface area contributed by atoms with Crippen LogP contribution < -0.4 is 10.6 Å². The molecule has 0 saturated heterocycles. The van der Waals surface area contributed by atoms with Crippen molar-refractivity contribution in [2.24, 2.45) is 4.99 Å². The van der Waals surface area contributed by atoms with Crippen LogP contribution >= 0.6 is 0 Å². The van der Waals surface area contributed by atoms with Crippen molar-refractivity contribution in [1.82, 2.24) is 5.32 Å². The molecule has 1 aromatic rings. The van der Waals surface area contributed by atoms with Gasteiger partial charge >= 0.3 is 0 Å². The van der Waals surface area contributed by atoms with Gasteiger partial charge in [0, 0.05) is 12.2 Å². The second-order valence-electron chi connectivity index (χ2n) is 6.17. The molecule has 2 N–H and O–H groups in total. The first-order valence-electron chi connectivity index (χ1n) is 8.20. The van der Waals surface area contributed by atoms with Crippen LogP contribution in [0.4, 0.5) is 5.69 Å². The van der Waals surface area contributed by atoms with Crippen LogP contribution in [0.3, 0.4) is 0 Å². The average molecular weight is 303 g/mol. The van der Waals surface area contributed by atoms with Gasteiger partial charge < -0.3 is 5.32 Å². The monoisotopic (exact) mass is 303 g/mol. The van der Waals surface area contributed by atoms with E-state index in [4.69, 9.17) is 4.99 Å². The largest absolute Gasteiger partial charge is 0.385 e. The van der Waals surface area contributed by atoms with Gasteiger partial charge in [0.25, 0.3) is 0 Å². The molecule has 4 rings (SSSR count). The Morgan fingerprint density at radius 3 is 3.09 bits per heavy atom. The van der Waals surface area contributed by atoms with Gasteiger partial charge in [-0.15, -0.1) is 0 Å². The van der Waals surface area contributed by atoms with E-state index in [2.05, 4.69) is 66.6 Å². The van der Waals surface area contributed by atoms with Gasteiger partial charge in [0.1, 0.15) is 6.17 Å². The maximum absolute atomic E-state index is 4.83. The van der Waals surface area contributed by atoms with E-state index in [9.17, 15) is 0 Å². The number of allylic oxidation sites excluding steroid dienone is 2. The Morgan fingerprint density at radius 2 is 2.26 bits per heavy atom. The molecule has 0 aromatic heterocycles. The van der Waals surface area contributed by atoms with E-state index in [-0.39, 0.29) is 12.2 Å². The Kier molecular flexibility index (Phi) is 3.50. The summed E-state index contributed by atoms with van der Waals surface area (Å²) in [4.78, 5) is 4.83. The minimum Gasteiger partial charge on any atom is -0.385 e. The number of benzene rings is 1. The van der Waals surface area contributed by atoms with E-state index in [0.29, 0.717) is 0 Å². The maximum atomic E-state index is 4.83. The second kappa shape index (κ2) is 5.67. The van der Waals surface area contributed by atoms with E-state index in [1.807, 2.05) is 6.08 Å². The van der Waals surface area contributed by atoms with Crippen LogP contribution in [0.1, 0.15) is 18.1 Å². The lowest BCUT2D eigenvalue weighted by atomic mass is 9.87. The number of nitrogens with zero attached hydrogens (tertiary/aromatic N) is 1. The number of anilines is 1. The van der Waals surface area contributed by atoms with Gasteiger partial charge in [0.05, 0.1) is 11.8 Å². The van der Waals surface area contributed by atoms with Crippen molar-refractivity contribution in [3.05, 3.63) is 71.4 Å². The van der Waals surface area contributed by atoms with Crippen molar-refractivity contribution in [3.8, 4) is 0 Å². The smallest absolute Gasteiger partial charge is 0.126 e. The van der Waals surface area contributed by atoms with Gasteiger partial charge in [-0.2, -0.15) is 0 Å². The van der Waals surface area contributed by atoms with Crippen LogP contribution in [0.5, 0.6) is 0 Å². The van der Waals surface area contributed by atoms with Gasteiger partial charge in [-0.1, -0.05) is 30.9 Å². The summed E-state index contributed by atoms with van der Waals surface area (Å²) in [6, 6.07) is 6.80. The van der Waals surface area contributed by atoms with Gasteiger partial charge in [0.2, 0.25) is 0 Å². The highest BCUT2D eigenvalue weighted by atomic mass is 15.2. The lowest BCUT2D eigenvalue weighted by molar-refractivity contribution is 0.643. The van der Waals surface area contributed by atoms with Crippen molar-refractivity contribution in [1.29, 1.82) is 0 Å². The Morgan fingerprint density at radius 1 is 1.35 bits per heavy atom. The molecule has 0 saturated carbocycles. The number of hydrogen-bond donors (Lipinski definition) is 2. The topological polar surface area (TPSA) is 36.4 Å². The maximum Gasteiger partial charge on any atom is 0.126 e. The highest BCUT2D eigenvalue weighted by Crippen LogP contribution is 2.32. The summed E-state index contributed by atoms with van der Waals surface area (Å²) < 4.78 is 0. The van der Waals surface area contributed by atoms with E-state index in [1.165, 1.54) is 22.4 Å². The van der Waals surface area contributed by atoms with Crippen molar-refractivity contribution in [2.45, 2.75) is 25.6 Å². The Bertz CT molecular complexity index is 780. The molecule has 0 fully saturated rings. The predicted octanol–water partition coefficient (Wildman–Crippen LogP) is 3.48. The summed E-state index contributed by atoms with van der Waals surface area (Å²) in [5.41, 5.74) is 7.25. The Hall–Kier alpha value is -2.39. The highest BCUT2D eigenvalue weighted by molar-refractivity contribution is 6.03. The number of aliphatic imine (C=N–C) groups is 1.